The standard InChI is InChI=1S/C20H31N5O8/c1-2-3-4-5-19(31)15(30)11(6-26)33-20(19,16-14(29)13(28)10(27)7-32-16)25-9-24-12-17(21)22-8-23-18(12)25/h8-11,13-16,26-31H,2-7H2,1H3,(H2,21,22,23)/t10-,11-,13-,14+,15-,16?,19-,20-/m1/s1. The smallest absolute Gasteiger partial charge is 0.208 e. The largest absolute Gasteiger partial charge is 0.394 e. The molecule has 2 aromatic heterocycles. The minimum atomic E-state index is -2.11. The van der Waals surface area contributed by atoms with Gasteiger partial charge in [-0.1, -0.05) is 26.2 Å². The molecule has 0 bridgehead atoms. The molecule has 13 heteroatoms. The number of nitrogens with two attached hydrogens (primary N) is 1. The van der Waals surface area contributed by atoms with Crippen LogP contribution in [0.5, 0.6) is 0 Å². The zero-order chi connectivity index (χ0) is 24.0. The van der Waals surface area contributed by atoms with E-state index < -0.39 is 54.6 Å². The molecule has 33 heavy (non-hydrogen) atoms. The number of nitrogens with zero attached hydrogens (tertiary/aromatic N) is 4. The Kier molecular flexibility index (Phi) is 6.59. The first-order valence-corrected chi connectivity index (χ1v) is 11.0. The van der Waals surface area contributed by atoms with Crippen molar-refractivity contribution in [3.05, 3.63) is 12.7 Å². The first kappa shape index (κ1) is 24.2. The molecule has 0 aromatic carbocycles. The maximum Gasteiger partial charge on any atom is 0.208 e. The predicted octanol–water partition coefficient (Wildman–Crippen LogP) is -2.39. The molecule has 2 aliphatic heterocycles. The molecular formula is C20H31N5O8. The summed E-state index contributed by atoms with van der Waals surface area (Å²) < 4.78 is 13.2. The monoisotopic (exact) mass is 469 g/mol. The highest BCUT2D eigenvalue weighted by Crippen LogP contribution is 2.52. The van der Waals surface area contributed by atoms with Gasteiger partial charge in [0.05, 0.1) is 19.5 Å². The van der Waals surface area contributed by atoms with Crippen molar-refractivity contribution >= 4 is 17.0 Å². The van der Waals surface area contributed by atoms with Gasteiger partial charge in [0.15, 0.2) is 11.5 Å². The molecule has 4 heterocycles. The van der Waals surface area contributed by atoms with E-state index in [0.29, 0.717) is 6.42 Å². The molecule has 2 fully saturated rings. The summed E-state index contributed by atoms with van der Waals surface area (Å²) in [7, 11) is 0. The average molecular weight is 469 g/mol. The topological polar surface area (TPSA) is 209 Å². The van der Waals surface area contributed by atoms with Gasteiger partial charge in [-0.2, -0.15) is 0 Å². The number of imidazole rings is 1. The Hall–Kier alpha value is -1.97. The fourth-order valence-electron chi connectivity index (χ4n) is 4.99. The van der Waals surface area contributed by atoms with Crippen molar-refractivity contribution in [1.82, 2.24) is 19.5 Å². The third-order valence-corrected chi connectivity index (χ3v) is 6.74. The Morgan fingerprint density at radius 1 is 1.15 bits per heavy atom. The predicted molar refractivity (Wildman–Crippen MR) is 113 cm³/mol. The lowest BCUT2D eigenvalue weighted by atomic mass is 9.75. The summed E-state index contributed by atoms with van der Waals surface area (Å²) >= 11 is 0. The van der Waals surface area contributed by atoms with Crippen LogP contribution < -0.4 is 5.73 Å². The number of fused-ring (bicyclic) bond motifs is 1. The highest BCUT2D eigenvalue weighted by molar-refractivity contribution is 5.81. The van der Waals surface area contributed by atoms with E-state index in [1.54, 1.807) is 0 Å². The Balaban J connectivity index is 1.96. The molecule has 8 N–H and O–H groups in total. The fourth-order valence-corrected chi connectivity index (χ4v) is 4.99. The highest BCUT2D eigenvalue weighted by atomic mass is 16.6. The molecule has 1 unspecified atom stereocenters. The molecule has 0 radical (unpaired) electrons. The summed E-state index contributed by atoms with van der Waals surface area (Å²) in [5.74, 6) is 0.0567. The van der Waals surface area contributed by atoms with Crippen LogP contribution in [-0.2, 0) is 15.2 Å². The summed E-state index contributed by atoms with van der Waals surface area (Å²) in [5, 5.41) is 64.5. The van der Waals surface area contributed by atoms with E-state index in [4.69, 9.17) is 15.2 Å². The van der Waals surface area contributed by atoms with Gasteiger partial charge in [0, 0.05) is 0 Å². The van der Waals surface area contributed by atoms with Crippen LogP contribution in [0.3, 0.4) is 0 Å². The normalized spacial score (nSPS) is 39.4. The summed E-state index contributed by atoms with van der Waals surface area (Å²) in [4.78, 5) is 12.3. The number of unbranched alkanes of at least 4 members (excludes halogenated alkanes) is 2. The maximum atomic E-state index is 12.1. The number of aromatic nitrogens is 4. The van der Waals surface area contributed by atoms with E-state index in [1.807, 2.05) is 6.92 Å². The molecular weight excluding hydrogens is 438 g/mol. The van der Waals surface area contributed by atoms with Crippen molar-refractivity contribution in [2.24, 2.45) is 0 Å². The summed E-state index contributed by atoms with van der Waals surface area (Å²) in [6.45, 7) is 0.962. The van der Waals surface area contributed by atoms with E-state index in [1.165, 1.54) is 17.2 Å². The molecule has 13 nitrogen and oxygen atoms in total. The van der Waals surface area contributed by atoms with Crippen LogP contribution in [0.25, 0.3) is 11.2 Å². The Bertz CT molecular complexity index is 977. The SMILES string of the molecule is CCCCC[C@@]1(O)[C@H](O)[C@@H](CO)O[C@@]1(C1OC[C@@H](O)[C@@H](O)[C@@H]1O)n1cnc2c(N)ncnc21. The van der Waals surface area contributed by atoms with Crippen LogP contribution in [0, 0.1) is 0 Å². The lowest BCUT2D eigenvalue weighted by Gasteiger charge is -2.50. The molecule has 0 saturated carbocycles. The van der Waals surface area contributed by atoms with Gasteiger partial charge >= 0.3 is 0 Å². The van der Waals surface area contributed by atoms with Crippen molar-refractivity contribution in [2.75, 3.05) is 18.9 Å². The maximum absolute atomic E-state index is 12.1. The van der Waals surface area contributed by atoms with Gasteiger partial charge in [-0.15, -0.1) is 0 Å². The summed E-state index contributed by atoms with van der Waals surface area (Å²) in [6.07, 6.45) is -4.57. The highest BCUT2D eigenvalue weighted by Gasteiger charge is 2.72. The molecule has 2 aromatic rings. The second kappa shape index (κ2) is 9.00. The molecule has 2 aliphatic rings. The first-order chi connectivity index (χ1) is 15.7. The number of anilines is 1. The quantitative estimate of drug-likeness (QED) is 0.212. The van der Waals surface area contributed by atoms with Gasteiger partial charge in [0.25, 0.3) is 0 Å². The van der Waals surface area contributed by atoms with Gasteiger partial charge in [0.1, 0.15) is 54.1 Å². The Morgan fingerprint density at radius 3 is 2.61 bits per heavy atom. The lowest BCUT2D eigenvalue weighted by molar-refractivity contribution is -0.308. The van der Waals surface area contributed by atoms with Crippen LogP contribution in [0.1, 0.15) is 32.6 Å². The van der Waals surface area contributed by atoms with Gasteiger partial charge in [-0.25, -0.2) is 15.0 Å². The Labute approximate surface area is 189 Å². The van der Waals surface area contributed by atoms with Crippen molar-refractivity contribution in [2.45, 2.75) is 80.6 Å². The minimum Gasteiger partial charge on any atom is -0.394 e. The third-order valence-electron chi connectivity index (χ3n) is 6.74. The van der Waals surface area contributed by atoms with Crippen LogP contribution >= 0.6 is 0 Å². The van der Waals surface area contributed by atoms with E-state index in [-0.39, 0.29) is 30.0 Å². The third kappa shape index (κ3) is 3.51. The Morgan fingerprint density at radius 2 is 1.91 bits per heavy atom. The minimum absolute atomic E-state index is 0.00394. The first-order valence-electron chi connectivity index (χ1n) is 11.0. The van der Waals surface area contributed by atoms with Gasteiger partial charge in [-0.05, 0) is 6.42 Å². The van der Waals surface area contributed by atoms with Crippen LogP contribution in [-0.4, -0.2) is 106 Å². The molecule has 2 saturated heterocycles. The molecule has 0 amide bonds. The van der Waals surface area contributed by atoms with Crippen molar-refractivity contribution in [3.63, 3.8) is 0 Å². The fraction of sp³-hybridized carbons (Fsp3) is 0.750. The second-order valence-corrected chi connectivity index (χ2v) is 8.71. The van der Waals surface area contributed by atoms with Gasteiger partial charge in [-0.3, -0.25) is 4.57 Å². The zero-order valence-corrected chi connectivity index (χ0v) is 18.2. The second-order valence-electron chi connectivity index (χ2n) is 8.71. The van der Waals surface area contributed by atoms with Crippen molar-refractivity contribution in [1.29, 1.82) is 0 Å². The van der Waals surface area contributed by atoms with Crippen molar-refractivity contribution in [3.8, 4) is 0 Å². The zero-order valence-electron chi connectivity index (χ0n) is 18.2. The van der Waals surface area contributed by atoms with E-state index in [0.717, 1.165) is 12.8 Å². The van der Waals surface area contributed by atoms with Crippen molar-refractivity contribution < 1.29 is 40.1 Å². The molecule has 8 atom stereocenters. The molecule has 0 spiro atoms. The number of hydrogen-bond acceptors (Lipinski definition) is 12. The number of ether oxygens (including phenoxy) is 2. The van der Waals surface area contributed by atoms with Gasteiger partial charge < -0.3 is 45.8 Å². The average Bonchev–Trinajstić information content (AvgIpc) is 3.32. The van der Waals surface area contributed by atoms with Gasteiger partial charge in [0.2, 0.25) is 5.72 Å². The molecule has 184 valence electrons. The number of aliphatic hydroxyl groups is 6. The number of nitrogen functional groups attached to an aromatic ring is 1. The number of aliphatic hydroxyl groups excluding tert-OH is 5. The number of rotatable bonds is 7. The number of hydrogen-bond donors (Lipinski definition) is 7. The van der Waals surface area contributed by atoms with E-state index in [2.05, 4.69) is 15.0 Å². The van der Waals surface area contributed by atoms with Crippen LogP contribution in [0.4, 0.5) is 5.82 Å². The van der Waals surface area contributed by atoms with E-state index >= 15 is 0 Å². The summed E-state index contributed by atoms with van der Waals surface area (Å²) in [5.41, 5.74) is 2.03. The summed E-state index contributed by atoms with van der Waals surface area (Å²) in [6, 6.07) is 0. The lowest BCUT2D eigenvalue weighted by Crippen LogP contribution is -2.70. The molecule has 4 rings (SSSR count). The van der Waals surface area contributed by atoms with E-state index in [9.17, 15) is 30.6 Å². The van der Waals surface area contributed by atoms with Crippen LogP contribution in [0.2, 0.25) is 0 Å². The molecule has 0 aliphatic carbocycles. The van der Waals surface area contributed by atoms with Crippen LogP contribution in [0.15, 0.2) is 12.7 Å².